The molecule has 1 aliphatic heterocycles. The van der Waals surface area contributed by atoms with E-state index in [0.29, 0.717) is 4.47 Å². The lowest BCUT2D eigenvalue weighted by molar-refractivity contribution is 0.413. The largest absolute Gasteiger partial charge is 0.495 e. The third kappa shape index (κ3) is 3.06. The Balaban J connectivity index is 1.76. The van der Waals surface area contributed by atoms with Crippen molar-refractivity contribution < 1.29 is 4.74 Å². The molecule has 1 aliphatic rings. The standard InChI is InChI=1S/C16H19BrN4O2/c1-19-16(22)15(17)13(11-18-19)21-9-7-20(8-10-21)12-5-3-4-6-14(12)23-2/h3-6,11H,7-10H2,1-2H3. The molecule has 7 heteroatoms. The fraction of sp³-hybridized carbons (Fsp3) is 0.375. The molecule has 1 saturated heterocycles. The molecule has 0 N–H and O–H groups in total. The van der Waals surface area contributed by atoms with Crippen LogP contribution in [-0.4, -0.2) is 43.1 Å². The molecule has 0 atom stereocenters. The number of aryl methyl sites for hydroxylation is 1. The lowest BCUT2D eigenvalue weighted by Crippen LogP contribution is -2.47. The van der Waals surface area contributed by atoms with E-state index in [1.54, 1.807) is 20.4 Å². The average molecular weight is 379 g/mol. The van der Waals surface area contributed by atoms with Gasteiger partial charge in [0.15, 0.2) is 0 Å². The fourth-order valence-electron chi connectivity index (χ4n) is 2.80. The van der Waals surface area contributed by atoms with Crippen LogP contribution in [-0.2, 0) is 7.05 Å². The van der Waals surface area contributed by atoms with Gasteiger partial charge in [-0.2, -0.15) is 5.10 Å². The van der Waals surface area contributed by atoms with Crippen LogP contribution in [0.3, 0.4) is 0 Å². The second-order valence-corrected chi connectivity index (χ2v) is 6.21. The van der Waals surface area contributed by atoms with Crippen LogP contribution >= 0.6 is 15.9 Å². The number of rotatable bonds is 3. The topological polar surface area (TPSA) is 50.6 Å². The van der Waals surface area contributed by atoms with Gasteiger partial charge in [0.2, 0.25) is 0 Å². The van der Waals surface area contributed by atoms with E-state index < -0.39 is 0 Å². The molecule has 2 heterocycles. The van der Waals surface area contributed by atoms with Gasteiger partial charge in [-0.05, 0) is 28.1 Å². The number of nitrogens with zero attached hydrogens (tertiary/aromatic N) is 4. The zero-order chi connectivity index (χ0) is 16.4. The SMILES string of the molecule is COc1ccccc1N1CCN(c2cnn(C)c(=O)c2Br)CC1. The number of halogens is 1. The molecular weight excluding hydrogens is 360 g/mol. The molecule has 2 aromatic rings. The highest BCUT2D eigenvalue weighted by Crippen LogP contribution is 2.30. The number of hydrogen-bond donors (Lipinski definition) is 0. The zero-order valence-electron chi connectivity index (χ0n) is 13.2. The van der Waals surface area contributed by atoms with Crippen molar-refractivity contribution in [3.8, 4) is 5.75 Å². The number of piperazine rings is 1. The Bertz CT molecular complexity index is 754. The molecule has 6 nitrogen and oxygen atoms in total. The molecule has 122 valence electrons. The number of benzene rings is 1. The molecule has 1 aromatic carbocycles. The zero-order valence-corrected chi connectivity index (χ0v) is 14.8. The number of anilines is 2. The highest BCUT2D eigenvalue weighted by Gasteiger charge is 2.22. The molecule has 23 heavy (non-hydrogen) atoms. The predicted molar refractivity (Wildman–Crippen MR) is 94.6 cm³/mol. The summed E-state index contributed by atoms with van der Waals surface area (Å²) in [7, 11) is 3.34. The van der Waals surface area contributed by atoms with Crippen LogP contribution in [0.1, 0.15) is 0 Å². The molecule has 0 bridgehead atoms. The molecular formula is C16H19BrN4O2. The molecule has 3 rings (SSSR count). The van der Waals surface area contributed by atoms with Crippen molar-refractivity contribution in [3.05, 3.63) is 45.3 Å². The van der Waals surface area contributed by atoms with E-state index in [0.717, 1.165) is 43.3 Å². The van der Waals surface area contributed by atoms with Crippen LogP contribution in [0.4, 0.5) is 11.4 Å². The van der Waals surface area contributed by atoms with Gasteiger partial charge in [-0.15, -0.1) is 0 Å². The summed E-state index contributed by atoms with van der Waals surface area (Å²) < 4.78 is 7.34. The quantitative estimate of drug-likeness (QED) is 0.815. The Morgan fingerprint density at radius 2 is 1.70 bits per heavy atom. The van der Waals surface area contributed by atoms with Crippen molar-refractivity contribution in [2.45, 2.75) is 0 Å². The molecule has 0 radical (unpaired) electrons. The third-order valence-corrected chi connectivity index (χ3v) is 4.85. The molecule has 1 fully saturated rings. The molecule has 0 spiro atoms. The molecule has 0 saturated carbocycles. The minimum absolute atomic E-state index is 0.116. The summed E-state index contributed by atoms with van der Waals surface area (Å²) in [5.74, 6) is 0.886. The van der Waals surface area contributed by atoms with E-state index >= 15 is 0 Å². The van der Waals surface area contributed by atoms with Crippen molar-refractivity contribution in [3.63, 3.8) is 0 Å². The minimum Gasteiger partial charge on any atom is -0.495 e. The van der Waals surface area contributed by atoms with Gasteiger partial charge in [-0.3, -0.25) is 4.79 Å². The summed E-state index contributed by atoms with van der Waals surface area (Å²) in [6.07, 6.45) is 1.74. The molecule has 0 aliphatic carbocycles. The number of hydrogen-bond acceptors (Lipinski definition) is 5. The van der Waals surface area contributed by atoms with E-state index in [-0.39, 0.29) is 5.56 Å². The maximum atomic E-state index is 12.0. The highest BCUT2D eigenvalue weighted by atomic mass is 79.9. The van der Waals surface area contributed by atoms with Crippen LogP contribution in [0.15, 0.2) is 39.7 Å². The van der Waals surface area contributed by atoms with E-state index in [4.69, 9.17) is 4.74 Å². The van der Waals surface area contributed by atoms with E-state index in [1.807, 2.05) is 18.2 Å². The van der Waals surface area contributed by atoms with E-state index in [1.165, 1.54) is 4.68 Å². The first-order valence-corrected chi connectivity index (χ1v) is 8.26. The minimum atomic E-state index is -0.116. The van der Waals surface area contributed by atoms with Crippen LogP contribution < -0.4 is 20.1 Å². The van der Waals surface area contributed by atoms with Crippen molar-refractivity contribution in [2.24, 2.45) is 7.05 Å². The van der Waals surface area contributed by atoms with Crippen molar-refractivity contribution in [1.82, 2.24) is 9.78 Å². The van der Waals surface area contributed by atoms with Gasteiger partial charge >= 0.3 is 0 Å². The smallest absolute Gasteiger partial charge is 0.282 e. The number of aromatic nitrogens is 2. The summed E-state index contributed by atoms with van der Waals surface area (Å²) in [6.45, 7) is 3.38. The fourth-order valence-corrected chi connectivity index (χ4v) is 3.41. The van der Waals surface area contributed by atoms with Gasteiger partial charge in [0.05, 0.1) is 24.7 Å². The summed E-state index contributed by atoms with van der Waals surface area (Å²) in [5.41, 5.74) is 1.85. The highest BCUT2D eigenvalue weighted by molar-refractivity contribution is 9.10. The average Bonchev–Trinajstić information content (AvgIpc) is 2.60. The summed E-state index contributed by atoms with van der Waals surface area (Å²) >= 11 is 3.40. The van der Waals surface area contributed by atoms with Gasteiger partial charge in [0, 0.05) is 33.2 Å². The predicted octanol–water partition coefficient (Wildman–Crippen LogP) is 1.88. The van der Waals surface area contributed by atoms with Crippen LogP contribution in [0.25, 0.3) is 0 Å². The van der Waals surface area contributed by atoms with Crippen LogP contribution in [0, 0.1) is 0 Å². The Morgan fingerprint density at radius 3 is 2.35 bits per heavy atom. The monoisotopic (exact) mass is 378 g/mol. The second kappa shape index (κ2) is 6.62. The van der Waals surface area contributed by atoms with Crippen molar-refractivity contribution in [2.75, 3.05) is 43.1 Å². The molecule has 0 amide bonds. The first-order chi connectivity index (χ1) is 11.1. The summed E-state index contributed by atoms with van der Waals surface area (Å²) in [5, 5.41) is 4.12. The summed E-state index contributed by atoms with van der Waals surface area (Å²) in [6, 6.07) is 8.04. The number of ether oxygens (including phenoxy) is 1. The molecule has 0 unspecified atom stereocenters. The van der Waals surface area contributed by atoms with E-state index in [2.05, 4.69) is 36.9 Å². The Kier molecular flexibility index (Phi) is 4.56. The Morgan fingerprint density at radius 1 is 1.09 bits per heavy atom. The normalized spacial score (nSPS) is 14.9. The maximum Gasteiger partial charge on any atom is 0.282 e. The number of methoxy groups -OCH3 is 1. The lowest BCUT2D eigenvalue weighted by atomic mass is 10.2. The van der Waals surface area contributed by atoms with Crippen LogP contribution in [0.2, 0.25) is 0 Å². The number of para-hydroxylation sites is 2. The van der Waals surface area contributed by atoms with Gasteiger partial charge in [-0.1, -0.05) is 12.1 Å². The molecule has 1 aromatic heterocycles. The third-order valence-electron chi connectivity index (χ3n) is 4.11. The van der Waals surface area contributed by atoms with Crippen LogP contribution in [0.5, 0.6) is 5.75 Å². The maximum absolute atomic E-state index is 12.0. The van der Waals surface area contributed by atoms with E-state index in [9.17, 15) is 4.79 Å². The van der Waals surface area contributed by atoms with Crippen molar-refractivity contribution >= 4 is 27.3 Å². The second-order valence-electron chi connectivity index (χ2n) is 5.42. The van der Waals surface area contributed by atoms with Gasteiger partial charge in [0.1, 0.15) is 10.2 Å². The Labute approximate surface area is 143 Å². The Hall–Kier alpha value is -2.02. The van der Waals surface area contributed by atoms with Crippen molar-refractivity contribution in [1.29, 1.82) is 0 Å². The summed E-state index contributed by atoms with van der Waals surface area (Å²) in [4.78, 5) is 16.5. The first kappa shape index (κ1) is 15.9. The van der Waals surface area contributed by atoms with Gasteiger partial charge < -0.3 is 14.5 Å². The van der Waals surface area contributed by atoms with Gasteiger partial charge in [-0.25, -0.2) is 4.68 Å². The van der Waals surface area contributed by atoms with Gasteiger partial charge in [0.25, 0.3) is 5.56 Å². The first-order valence-electron chi connectivity index (χ1n) is 7.46. The lowest BCUT2D eigenvalue weighted by Gasteiger charge is -2.37.